The van der Waals surface area contributed by atoms with Crippen molar-refractivity contribution in [3.05, 3.63) is 0 Å². The second-order valence-corrected chi connectivity index (χ2v) is 3.13. The second kappa shape index (κ2) is 3.19. The molecule has 0 radical (unpaired) electrons. The molecule has 0 bridgehead atoms. The number of hydrogen-bond donors (Lipinski definition) is 2. The predicted molar refractivity (Wildman–Crippen MR) is 40.9 cm³/mol. The third kappa shape index (κ3) is 2.17. The van der Waals surface area contributed by atoms with Crippen LogP contribution in [0, 0.1) is 0 Å². The van der Waals surface area contributed by atoms with Crippen LogP contribution in [0.1, 0.15) is 13.3 Å². The smallest absolute Gasteiger partial charge is 0.225 e. The van der Waals surface area contributed by atoms with Crippen LogP contribution in [-0.2, 0) is 4.79 Å². The average molecular weight is 158 g/mol. The van der Waals surface area contributed by atoms with Gasteiger partial charge in [0.2, 0.25) is 5.91 Å². The molecule has 0 aromatic carbocycles. The van der Waals surface area contributed by atoms with Gasteiger partial charge in [-0.1, -0.05) is 0 Å². The molecule has 0 aliphatic carbocycles. The largest absolute Gasteiger partial charge is 0.391 e. The highest BCUT2D eigenvalue weighted by molar-refractivity contribution is 5.79. The van der Waals surface area contributed by atoms with Crippen molar-refractivity contribution in [1.82, 2.24) is 4.90 Å². The molecule has 3 N–H and O–H groups in total. The fourth-order valence-electron chi connectivity index (χ4n) is 1.28. The zero-order valence-corrected chi connectivity index (χ0v) is 6.66. The van der Waals surface area contributed by atoms with Crippen LogP contribution in [0.5, 0.6) is 0 Å². The highest BCUT2D eigenvalue weighted by Gasteiger charge is 2.27. The van der Waals surface area contributed by atoms with E-state index in [4.69, 9.17) is 10.8 Å². The summed E-state index contributed by atoms with van der Waals surface area (Å²) in [5.74, 6) is 0.00907. The van der Waals surface area contributed by atoms with Crippen molar-refractivity contribution in [3.8, 4) is 0 Å². The Bertz CT molecular complexity index is 159. The number of carbonyl (C=O) groups excluding carboxylic acids is 1. The molecule has 11 heavy (non-hydrogen) atoms. The van der Waals surface area contributed by atoms with E-state index in [0.717, 1.165) is 0 Å². The Morgan fingerprint density at radius 3 is 2.91 bits per heavy atom. The van der Waals surface area contributed by atoms with Crippen molar-refractivity contribution >= 4 is 5.91 Å². The number of nitrogens with zero attached hydrogens (tertiary/aromatic N) is 1. The van der Waals surface area contributed by atoms with Crippen molar-refractivity contribution in [3.63, 3.8) is 0 Å². The summed E-state index contributed by atoms with van der Waals surface area (Å²) in [6.07, 6.45) is -0.228. The molecule has 1 unspecified atom stereocenters. The molecule has 0 spiro atoms. The fourth-order valence-corrected chi connectivity index (χ4v) is 1.28. The monoisotopic (exact) mass is 158 g/mol. The van der Waals surface area contributed by atoms with Crippen molar-refractivity contribution in [1.29, 1.82) is 0 Å². The Kier molecular flexibility index (Phi) is 2.46. The number of rotatable bonds is 2. The van der Waals surface area contributed by atoms with Crippen LogP contribution in [0.3, 0.4) is 0 Å². The summed E-state index contributed by atoms with van der Waals surface area (Å²) >= 11 is 0. The van der Waals surface area contributed by atoms with Gasteiger partial charge in [-0.2, -0.15) is 0 Å². The molecule has 1 fully saturated rings. The van der Waals surface area contributed by atoms with Crippen LogP contribution >= 0.6 is 0 Å². The number of likely N-dealkylation sites (tertiary alicyclic amines) is 1. The molecule has 4 nitrogen and oxygen atoms in total. The number of β-amino-alcohol motifs (C(OH)–C–C–N with tert-alkyl or cyclic N) is 1. The standard InChI is InChI=1S/C7H14N2O2/c1-5(8)3-9-4-6(10)2-7(9)11/h5-6,10H,2-4,8H2,1H3/t5?,6-/m0/s1. The highest BCUT2D eigenvalue weighted by Crippen LogP contribution is 2.10. The molecule has 1 aliphatic heterocycles. The summed E-state index contributed by atoms with van der Waals surface area (Å²) < 4.78 is 0. The van der Waals surface area contributed by atoms with Gasteiger partial charge >= 0.3 is 0 Å². The first kappa shape index (κ1) is 8.49. The van der Waals surface area contributed by atoms with Gasteiger partial charge in [-0.15, -0.1) is 0 Å². The summed E-state index contributed by atoms with van der Waals surface area (Å²) in [5, 5.41) is 9.08. The molecule has 1 saturated heterocycles. The molecule has 0 aromatic rings. The predicted octanol–water partition coefficient (Wildman–Crippen LogP) is -1.07. The number of aliphatic hydroxyl groups is 1. The van der Waals surface area contributed by atoms with Crippen molar-refractivity contribution < 1.29 is 9.90 Å². The Balaban J connectivity index is 2.41. The topological polar surface area (TPSA) is 66.6 Å². The zero-order valence-electron chi connectivity index (χ0n) is 6.66. The summed E-state index contributed by atoms with van der Waals surface area (Å²) in [4.78, 5) is 12.6. The first-order chi connectivity index (χ1) is 5.09. The lowest BCUT2D eigenvalue weighted by atomic mass is 10.3. The van der Waals surface area contributed by atoms with Crippen LogP contribution in [0.2, 0.25) is 0 Å². The summed E-state index contributed by atoms with van der Waals surface area (Å²) in [6, 6.07) is -0.00995. The maximum atomic E-state index is 11.0. The Morgan fingerprint density at radius 2 is 2.55 bits per heavy atom. The summed E-state index contributed by atoms with van der Waals surface area (Å²) in [5.41, 5.74) is 5.50. The molecule has 0 saturated carbocycles. The number of amides is 1. The maximum absolute atomic E-state index is 11.0. The maximum Gasteiger partial charge on any atom is 0.225 e. The first-order valence-electron chi connectivity index (χ1n) is 3.81. The Hall–Kier alpha value is -0.610. The molecule has 4 heteroatoms. The molecule has 1 aliphatic rings. The van der Waals surface area contributed by atoms with Crippen molar-refractivity contribution in [2.75, 3.05) is 13.1 Å². The lowest BCUT2D eigenvalue weighted by Gasteiger charge is -2.17. The molecule has 1 amide bonds. The summed E-state index contributed by atoms with van der Waals surface area (Å²) in [6.45, 7) is 2.84. The number of hydrogen-bond acceptors (Lipinski definition) is 3. The van der Waals surface area contributed by atoms with Crippen LogP contribution in [0.25, 0.3) is 0 Å². The summed E-state index contributed by atoms with van der Waals surface area (Å²) in [7, 11) is 0. The minimum atomic E-state index is -0.485. The SMILES string of the molecule is CC(N)CN1C[C@@H](O)CC1=O. The van der Waals surface area contributed by atoms with E-state index >= 15 is 0 Å². The zero-order chi connectivity index (χ0) is 8.43. The van der Waals surface area contributed by atoms with Gasteiger partial charge in [-0.25, -0.2) is 0 Å². The van der Waals surface area contributed by atoms with E-state index in [-0.39, 0.29) is 18.4 Å². The van der Waals surface area contributed by atoms with E-state index < -0.39 is 6.10 Å². The Labute approximate surface area is 66.0 Å². The van der Waals surface area contributed by atoms with E-state index in [0.29, 0.717) is 13.1 Å². The lowest BCUT2D eigenvalue weighted by molar-refractivity contribution is -0.127. The number of aliphatic hydroxyl groups excluding tert-OH is 1. The fraction of sp³-hybridized carbons (Fsp3) is 0.857. The highest BCUT2D eigenvalue weighted by atomic mass is 16.3. The van der Waals surface area contributed by atoms with Gasteiger partial charge in [-0.05, 0) is 6.92 Å². The third-order valence-corrected chi connectivity index (χ3v) is 1.70. The van der Waals surface area contributed by atoms with Gasteiger partial charge in [0.05, 0.1) is 12.5 Å². The third-order valence-electron chi connectivity index (χ3n) is 1.70. The van der Waals surface area contributed by atoms with E-state index in [1.165, 1.54) is 0 Å². The van der Waals surface area contributed by atoms with Gasteiger partial charge in [0.15, 0.2) is 0 Å². The molecule has 1 rings (SSSR count). The Morgan fingerprint density at radius 1 is 1.91 bits per heavy atom. The molecule has 0 aromatic heterocycles. The van der Waals surface area contributed by atoms with Gasteiger partial charge < -0.3 is 15.7 Å². The molecule has 2 atom stereocenters. The van der Waals surface area contributed by atoms with Crippen LogP contribution in [0.4, 0.5) is 0 Å². The quantitative estimate of drug-likeness (QED) is 0.537. The number of carbonyl (C=O) groups is 1. The van der Waals surface area contributed by atoms with Crippen LogP contribution < -0.4 is 5.73 Å². The molecule has 64 valence electrons. The van der Waals surface area contributed by atoms with Crippen LogP contribution in [-0.4, -0.2) is 41.1 Å². The van der Waals surface area contributed by atoms with E-state index in [9.17, 15) is 4.79 Å². The molecule has 1 heterocycles. The van der Waals surface area contributed by atoms with E-state index in [2.05, 4.69) is 0 Å². The molecular formula is C7H14N2O2. The van der Waals surface area contributed by atoms with Gasteiger partial charge in [0.1, 0.15) is 0 Å². The van der Waals surface area contributed by atoms with Gasteiger partial charge in [-0.3, -0.25) is 4.79 Å². The van der Waals surface area contributed by atoms with Gasteiger partial charge in [0.25, 0.3) is 0 Å². The van der Waals surface area contributed by atoms with Crippen molar-refractivity contribution in [2.24, 2.45) is 5.73 Å². The minimum absolute atomic E-state index is 0.00907. The number of nitrogens with two attached hydrogens (primary N) is 1. The van der Waals surface area contributed by atoms with Crippen molar-refractivity contribution in [2.45, 2.75) is 25.5 Å². The lowest BCUT2D eigenvalue weighted by Crippen LogP contribution is -2.36. The normalized spacial score (nSPS) is 27.7. The van der Waals surface area contributed by atoms with E-state index in [1.54, 1.807) is 4.90 Å². The average Bonchev–Trinajstić information content (AvgIpc) is 2.09. The first-order valence-corrected chi connectivity index (χ1v) is 3.81. The van der Waals surface area contributed by atoms with Crippen LogP contribution in [0.15, 0.2) is 0 Å². The molecular weight excluding hydrogens is 144 g/mol. The second-order valence-electron chi connectivity index (χ2n) is 3.13. The van der Waals surface area contributed by atoms with E-state index in [1.807, 2.05) is 6.92 Å². The van der Waals surface area contributed by atoms with Gasteiger partial charge in [0, 0.05) is 19.1 Å². The minimum Gasteiger partial charge on any atom is -0.391 e.